The Morgan fingerprint density at radius 3 is 2.39 bits per heavy atom. The third-order valence-electron chi connectivity index (χ3n) is 2.75. The van der Waals surface area contributed by atoms with Crippen LogP contribution in [0.15, 0.2) is 42.5 Å². The van der Waals surface area contributed by atoms with Gasteiger partial charge < -0.3 is 16.6 Å². The van der Waals surface area contributed by atoms with Crippen LogP contribution >= 0.6 is 0 Å². The molecule has 2 aromatic rings. The molecule has 0 aromatic heterocycles. The van der Waals surface area contributed by atoms with Gasteiger partial charge in [0.25, 0.3) is 0 Å². The van der Waals surface area contributed by atoms with Crippen molar-refractivity contribution in [2.75, 3.05) is 5.73 Å². The van der Waals surface area contributed by atoms with Crippen LogP contribution in [0.25, 0.3) is 11.1 Å². The lowest BCUT2D eigenvalue weighted by Gasteiger charge is -2.11. The Morgan fingerprint density at radius 2 is 1.78 bits per heavy atom. The Hall–Kier alpha value is -2.49. The summed E-state index contributed by atoms with van der Waals surface area (Å²) in [5.74, 6) is -0.512. The maximum Gasteiger partial charge on any atom is 0.222 e. The van der Waals surface area contributed by atoms with Gasteiger partial charge in [-0.15, -0.1) is 0 Å². The number of hydrogen-bond acceptors (Lipinski definition) is 3. The molecule has 2 aromatic carbocycles. The number of aromatic hydroxyl groups is 1. The first-order chi connectivity index (χ1) is 8.59. The molecule has 0 fully saturated rings. The van der Waals surface area contributed by atoms with E-state index in [2.05, 4.69) is 0 Å². The van der Waals surface area contributed by atoms with E-state index < -0.39 is 5.91 Å². The van der Waals surface area contributed by atoms with Crippen molar-refractivity contribution < 1.29 is 9.90 Å². The summed E-state index contributed by atoms with van der Waals surface area (Å²) in [6, 6.07) is 12.8. The molecule has 4 nitrogen and oxygen atoms in total. The lowest BCUT2D eigenvalue weighted by atomic mass is 9.98. The Bertz CT molecular complexity index is 580. The summed E-state index contributed by atoms with van der Waals surface area (Å²) in [6.45, 7) is 0. The second kappa shape index (κ2) is 4.79. The molecule has 0 bridgehead atoms. The van der Waals surface area contributed by atoms with Gasteiger partial charge in [-0.3, -0.25) is 4.79 Å². The highest BCUT2D eigenvalue weighted by Gasteiger charge is 2.14. The molecule has 5 N–H and O–H groups in total. The van der Waals surface area contributed by atoms with Crippen LogP contribution in [0.2, 0.25) is 0 Å². The SMILES string of the molecule is NC(=O)Cc1c(N)ccc(-c2ccccc2)c1O. The van der Waals surface area contributed by atoms with Crippen molar-refractivity contribution in [1.82, 2.24) is 0 Å². The zero-order valence-corrected chi connectivity index (χ0v) is 9.76. The minimum atomic E-state index is -0.526. The zero-order chi connectivity index (χ0) is 13.1. The Morgan fingerprint density at radius 1 is 1.11 bits per heavy atom. The van der Waals surface area contributed by atoms with E-state index in [1.54, 1.807) is 12.1 Å². The van der Waals surface area contributed by atoms with Gasteiger partial charge >= 0.3 is 0 Å². The number of amides is 1. The zero-order valence-electron chi connectivity index (χ0n) is 9.76. The monoisotopic (exact) mass is 242 g/mol. The molecule has 92 valence electrons. The van der Waals surface area contributed by atoms with Crippen LogP contribution in [0.1, 0.15) is 5.56 Å². The van der Waals surface area contributed by atoms with E-state index in [9.17, 15) is 9.90 Å². The summed E-state index contributed by atoms with van der Waals surface area (Å²) >= 11 is 0. The number of phenolic OH excluding ortho intramolecular Hbond substituents is 1. The molecule has 4 heteroatoms. The number of nitrogens with two attached hydrogens (primary N) is 2. The third kappa shape index (κ3) is 2.27. The molecule has 0 saturated heterocycles. The van der Waals surface area contributed by atoms with E-state index in [1.807, 2.05) is 30.3 Å². The smallest absolute Gasteiger partial charge is 0.222 e. The molecule has 1 amide bonds. The van der Waals surface area contributed by atoms with Gasteiger partial charge in [-0.25, -0.2) is 0 Å². The van der Waals surface area contributed by atoms with Crippen LogP contribution in [0.3, 0.4) is 0 Å². The lowest BCUT2D eigenvalue weighted by Crippen LogP contribution is -2.15. The van der Waals surface area contributed by atoms with E-state index >= 15 is 0 Å². The average Bonchev–Trinajstić information content (AvgIpc) is 2.35. The first kappa shape index (κ1) is 12.0. The fourth-order valence-corrected chi connectivity index (χ4v) is 1.86. The highest BCUT2D eigenvalue weighted by molar-refractivity contribution is 5.83. The average molecular weight is 242 g/mol. The van der Waals surface area contributed by atoms with Crippen molar-refractivity contribution >= 4 is 11.6 Å². The number of anilines is 1. The molecule has 0 radical (unpaired) electrons. The first-order valence-corrected chi connectivity index (χ1v) is 5.53. The molecule has 0 aliphatic heterocycles. The molecule has 0 aliphatic rings. The first-order valence-electron chi connectivity index (χ1n) is 5.53. The summed E-state index contributed by atoms with van der Waals surface area (Å²) in [6.07, 6.45) is -0.0711. The predicted molar refractivity (Wildman–Crippen MR) is 70.9 cm³/mol. The molecular formula is C14H14N2O2. The van der Waals surface area contributed by atoms with E-state index in [0.717, 1.165) is 5.56 Å². The number of nitrogen functional groups attached to an aromatic ring is 1. The number of carbonyl (C=O) groups excluding carboxylic acids is 1. The number of rotatable bonds is 3. The van der Waals surface area contributed by atoms with Gasteiger partial charge in [0, 0.05) is 16.8 Å². The van der Waals surface area contributed by atoms with Gasteiger partial charge in [0.2, 0.25) is 5.91 Å². The lowest BCUT2D eigenvalue weighted by molar-refractivity contribution is -0.117. The normalized spacial score (nSPS) is 10.2. The van der Waals surface area contributed by atoms with Crippen molar-refractivity contribution in [2.24, 2.45) is 5.73 Å². The van der Waals surface area contributed by atoms with Crippen molar-refractivity contribution in [3.05, 3.63) is 48.0 Å². The predicted octanol–water partition coefficient (Wildman–Crippen LogP) is 1.67. The standard InChI is InChI=1S/C14H14N2O2/c15-12-7-6-10(9-4-2-1-3-5-9)14(18)11(12)8-13(16)17/h1-7,18H,8,15H2,(H2,16,17). The van der Waals surface area contributed by atoms with E-state index in [1.165, 1.54) is 0 Å². The minimum absolute atomic E-state index is 0.0139. The van der Waals surface area contributed by atoms with Crippen molar-refractivity contribution in [3.8, 4) is 16.9 Å². The van der Waals surface area contributed by atoms with Gasteiger partial charge in [-0.2, -0.15) is 0 Å². The summed E-state index contributed by atoms with van der Waals surface area (Å²) in [4.78, 5) is 11.0. The molecule has 0 heterocycles. The van der Waals surface area contributed by atoms with Crippen LogP contribution in [0.4, 0.5) is 5.69 Å². The van der Waals surface area contributed by atoms with Gasteiger partial charge in [-0.05, 0) is 17.7 Å². The molecule has 18 heavy (non-hydrogen) atoms. The van der Waals surface area contributed by atoms with E-state index in [4.69, 9.17) is 11.5 Å². The molecule has 0 spiro atoms. The molecular weight excluding hydrogens is 228 g/mol. The van der Waals surface area contributed by atoms with Gasteiger partial charge in [0.1, 0.15) is 5.75 Å². The Labute approximate surface area is 105 Å². The van der Waals surface area contributed by atoms with E-state index in [-0.39, 0.29) is 12.2 Å². The molecule has 0 saturated carbocycles. The molecule has 0 aliphatic carbocycles. The molecule has 0 atom stereocenters. The molecule has 0 unspecified atom stereocenters. The highest BCUT2D eigenvalue weighted by Crippen LogP contribution is 2.35. The van der Waals surface area contributed by atoms with Crippen LogP contribution in [-0.4, -0.2) is 11.0 Å². The highest BCUT2D eigenvalue weighted by atomic mass is 16.3. The number of hydrogen-bond donors (Lipinski definition) is 3. The van der Waals surface area contributed by atoms with Crippen LogP contribution in [-0.2, 0) is 11.2 Å². The second-order valence-electron chi connectivity index (χ2n) is 4.04. The summed E-state index contributed by atoms with van der Waals surface area (Å²) < 4.78 is 0. The van der Waals surface area contributed by atoms with Gasteiger partial charge in [-0.1, -0.05) is 30.3 Å². The van der Waals surface area contributed by atoms with Crippen LogP contribution in [0, 0.1) is 0 Å². The van der Waals surface area contributed by atoms with Crippen LogP contribution < -0.4 is 11.5 Å². The van der Waals surface area contributed by atoms with Crippen molar-refractivity contribution in [3.63, 3.8) is 0 Å². The van der Waals surface area contributed by atoms with Crippen molar-refractivity contribution in [2.45, 2.75) is 6.42 Å². The third-order valence-corrected chi connectivity index (χ3v) is 2.75. The summed E-state index contributed by atoms with van der Waals surface area (Å²) in [7, 11) is 0. The quantitative estimate of drug-likeness (QED) is 0.715. The Kier molecular flexibility index (Phi) is 3.19. The number of carbonyl (C=O) groups is 1. The number of primary amides is 1. The number of phenols is 1. The maximum atomic E-state index is 11.0. The largest absolute Gasteiger partial charge is 0.507 e. The minimum Gasteiger partial charge on any atom is -0.507 e. The molecule has 2 rings (SSSR count). The second-order valence-corrected chi connectivity index (χ2v) is 4.04. The Balaban J connectivity index is 2.54. The summed E-state index contributed by atoms with van der Waals surface area (Å²) in [5.41, 5.74) is 13.1. The fraction of sp³-hybridized carbons (Fsp3) is 0.0714. The number of benzene rings is 2. The van der Waals surface area contributed by atoms with Gasteiger partial charge in [0.15, 0.2) is 0 Å². The van der Waals surface area contributed by atoms with Crippen molar-refractivity contribution in [1.29, 1.82) is 0 Å². The topological polar surface area (TPSA) is 89.3 Å². The van der Waals surface area contributed by atoms with E-state index in [0.29, 0.717) is 16.8 Å². The summed E-state index contributed by atoms with van der Waals surface area (Å²) in [5, 5.41) is 10.2. The van der Waals surface area contributed by atoms with Crippen LogP contribution in [0.5, 0.6) is 5.75 Å². The maximum absolute atomic E-state index is 11.0. The fourth-order valence-electron chi connectivity index (χ4n) is 1.86. The van der Waals surface area contributed by atoms with Gasteiger partial charge in [0.05, 0.1) is 6.42 Å².